The fraction of sp³-hybridized carbons (Fsp3) is 0.545. The molecule has 0 saturated carbocycles. The number of aliphatic carboxylic acids is 1. The summed E-state index contributed by atoms with van der Waals surface area (Å²) in [5.41, 5.74) is 0.329. The summed E-state index contributed by atoms with van der Waals surface area (Å²) >= 11 is 1.40. The van der Waals surface area contributed by atoms with Crippen molar-refractivity contribution < 1.29 is 29.0 Å². The van der Waals surface area contributed by atoms with Crippen LogP contribution in [-0.4, -0.2) is 58.8 Å². The van der Waals surface area contributed by atoms with Crippen LogP contribution in [0.4, 0.5) is 0 Å². The van der Waals surface area contributed by atoms with Gasteiger partial charge >= 0.3 is 11.9 Å². The number of hydrogen-bond donors (Lipinski definition) is 1. The lowest BCUT2D eigenvalue weighted by Crippen LogP contribution is -2.65. The SMILES string of the molecule is CO[C@@H]1C(=O)N2C(C(=O)O)=C(COC(C)=O)CS[C@@H]12. The smallest absolute Gasteiger partial charge is 0.352 e. The number of nitrogens with zero attached hydrogens (tertiary/aromatic N) is 1. The third-order valence-electron chi connectivity index (χ3n) is 2.90. The van der Waals surface area contributed by atoms with Crippen LogP contribution in [-0.2, 0) is 23.9 Å². The van der Waals surface area contributed by atoms with Gasteiger partial charge in [0.25, 0.3) is 5.91 Å². The number of carboxylic acid groups (broad SMARTS) is 1. The normalized spacial score (nSPS) is 25.8. The number of carboxylic acids is 1. The quantitative estimate of drug-likeness (QED) is 0.566. The topological polar surface area (TPSA) is 93.1 Å². The zero-order valence-electron chi connectivity index (χ0n) is 10.4. The van der Waals surface area contributed by atoms with Gasteiger partial charge in [0.1, 0.15) is 17.7 Å². The Labute approximate surface area is 113 Å². The zero-order valence-corrected chi connectivity index (χ0v) is 11.2. The molecule has 1 fully saturated rings. The molecule has 0 aromatic heterocycles. The molecule has 104 valence electrons. The summed E-state index contributed by atoms with van der Waals surface area (Å²) in [5.74, 6) is -1.68. The number of carbonyl (C=O) groups excluding carboxylic acids is 2. The molecule has 0 unspecified atom stereocenters. The van der Waals surface area contributed by atoms with E-state index in [1.165, 1.54) is 30.7 Å². The van der Waals surface area contributed by atoms with Crippen molar-refractivity contribution in [1.29, 1.82) is 0 Å². The Morgan fingerprint density at radius 1 is 1.53 bits per heavy atom. The van der Waals surface area contributed by atoms with Crippen LogP contribution in [0.25, 0.3) is 0 Å². The van der Waals surface area contributed by atoms with Crippen molar-refractivity contribution in [2.45, 2.75) is 18.4 Å². The Morgan fingerprint density at radius 2 is 2.21 bits per heavy atom. The summed E-state index contributed by atoms with van der Waals surface area (Å²) in [7, 11) is 1.42. The Bertz CT molecular complexity index is 474. The van der Waals surface area contributed by atoms with E-state index in [1.54, 1.807) is 0 Å². The number of rotatable bonds is 4. The Morgan fingerprint density at radius 3 is 2.74 bits per heavy atom. The van der Waals surface area contributed by atoms with Crippen LogP contribution in [0.15, 0.2) is 11.3 Å². The predicted molar refractivity (Wildman–Crippen MR) is 65.2 cm³/mol. The number of hydrogen-bond acceptors (Lipinski definition) is 6. The maximum atomic E-state index is 11.8. The molecule has 0 aliphatic carbocycles. The third-order valence-corrected chi connectivity index (χ3v) is 4.22. The highest BCUT2D eigenvalue weighted by Crippen LogP contribution is 2.41. The number of carbonyl (C=O) groups is 3. The van der Waals surface area contributed by atoms with E-state index < -0.39 is 18.0 Å². The second-order valence-corrected chi connectivity index (χ2v) is 5.21. The number of β-lactam (4-membered cyclic amide) rings is 1. The number of methoxy groups -OCH3 is 1. The van der Waals surface area contributed by atoms with E-state index >= 15 is 0 Å². The zero-order chi connectivity index (χ0) is 14.2. The van der Waals surface area contributed by atoms with Crippen molar-refractivity contribution in [3.63, 3.8) is 0 Å². The van der Waals surface area contributed by atoms with Gasteiger partial charge in [0, 0.05) is 25.4 Å². The molecule has 2 aliphatic heterocycles. The van der Waals surface area contributed by atoms with Crippen molar-refractivity contribution in [1.82, 2.24) is 4.90 Å². The molecular weight excluding hydrogens is 274 g/mol. The number of esters is 1. The highest BCUT2D eigenvalue weighted by atomic mass is 32.2. The third kappa shape index (κ3) is 2.33. The van der Waals surface area contributed by atoms with Gasteiger partial charge in [-0.3, -0.25) is 14.5 Å². The average molecular weight is 287 g/mol. The van der Waals surface area contributed by atoms with Gasteiger partial charge in [-0.2, -0.15) is 0 Å². The summed E-state index contributed by atoms with van der Waals surface area (Å²) in [5, 5.41) is 8.92. The van der Waals surface area contributed by atoms with E-state index in [0.29, 0.717) is 11.3 Å². The van der Waals surface area contributed by atoms with Crippen molar-refractivity contribution in [2.24, 2.45) is 0 Å². The summed E-state index contributed by atoms with van der Waals surface area (Å²) in [4.78, 5) is 35.1. The minimum atomic E-state index is -1.20. The standard InChI is InChI=1S/C11H13NO6S/c1-5(13)18-3-6-4-19-10-8(17-2)9(14)12(10)7(6)11(15)16/h8,10H,3-4H2,1-2H3,(H,15,16)/t8-,10+/m1/s1. The van der Waals surface area contributed by atoms with Crippen LogP contribution in [0.5, 0.6) is 0 Å². The molecule has 2 rings (SSSR count). The molecule has 2 heterocycles. The van der Waals surface area contributed by atoms with Crippen LogP contribution in [0.3, 0.4) is 0 Å². The second kappa shape index (κ2) is 5.22. The lowest BCUT2D eigenvalue weighted by atomic mass is 10.1. The summed E-state index contributed by atoms with van der Waals surface area (Å²) in [6, 6.07) is 0. The number of ether oxygens (including phenoxy) is 2. The molecule has 2 atom stereocenters. The number of amides is 1. The van der Waals surface area contributed by atoms with Crippen molar-refractivity contribution in [2.75, 3.05) is 19.5 Å². The van der Waals surface area contributed by atoms with Crippen LogP contribution in [0.2, 0.25) is 0 Å². The van der Waals surface area contributed by atoms with Crippen molar-refractivity contribution in [3.8, 4) is 0 Å². The maximum Gasteiger partial charge on any atom is 0.352 e. The lowest BCUT2D eigenvalue weighted by Gasteiger charge is -2.48. The molecule has 1 N–H and O–H groups in total. The van der Waals surface area contributed by atoms with Crippen LogP contribution in [0, 0.1) is 0 Å². The molecule has 0 radical (unpaired) electrons. The van der Waals surface area contributed by atoms with Gasteiger partial charge in [-0.05, 0) is 0 Å². The maximum absolute atomic E-state index is 11.8. The second-order valence-electron chi connectivity index (χ2n) is 4.10. The molecular formula is C11H13NO6S. The van der Waals surface area contributed by atoms with Gasteiger partial charge in [0.15, 0.2) is 6.10 Å². The molecule has 0 aromatic rings. The van der Waals surface area contributed by atoms with Gasteiger partial charge in [-0.25, -0.2) is 4.79 Å². The fourth-order valence-electron chi connectivity index (χ4n) is 2.03. The van der Waals surface area contributed by atoms with Gasteiger partial charge in [-0.1, -0.05) is 0 Å². The van der Waals surface area contributed by atoms with E-state index in [0.717, 1.165) is 0 Å². The molecule has 0 bridgehead atoms. The summed E-state index contributed by atoms with van der Waals surface area (Å²) in [6.45, 7) is 1.13. The van der Waals surface area contributed by atoms with Crippen LogP contribution >= 0.6 is 11.8 Å². The van der Waals surface area contributed by atoms with E-state index in [4.69, 9.17) is 9.47 Å². The monoisotopic (exact) mass is 287 g/mol. The molecule has 2 aliphatic rings. The van der Waals surface area contributed by atoms with Gasteiger partial charge in [0.05, 0.1) is 0 Å². The summed E-state index contributed by atoms with van der Waals surface area (Å²) < 4.78 is 9.83. The molecule has 1 saturated heterocycles. The van der Waals surface area contributed by atoms with E-state index in [1.807, 2.05) is 0 Å². The molecule has 1 amide bonds. The summed E-state index contributed by atoms with van der Waals surface area (Å²) in [6.07, 6.45) is -0.602. The van der Waals surface area contributed by atoms with Crippen molar-refractivity contribution >= 4 is 29.6 Å². The number of thioether (sulfide) groups is 1. The molecule has 0 aromatic carbocycles. The van der Waals surface area contributed by atoms with E-state index in [-0.39, 0.29) is 23.6 Å². The van der Waals surface area contributed by atoms with E-state index in [9.17, 15) is 19.5 Å². The fourth-order valence-corrected chi connectivity index (χ4v) is 3.38. The van der Waals surface area contributed by atoms with Crippen LogP contribution < -0.4 is 0 Å². The average Bonchev–Trinajstić information content (AvgIpc) is 2.35. The molecule has 0 spiro atoms. The molecule has 19 heavy (non-hydrogen) atoms. The minimum absolute atomic E-state index is 0.0942. The first kappa shape index (κ1) is 13.9. The molecule has 8 heteroatoms. The Balaban J connectivity index is 2.25. The van der Waals surface area contributed by atoms with Gasteiger partial charge < -0.3 is 14.6 Å². The first-order valence-corrected chi connectivity index (χ1v) is 6.58. The Hall–Kier alpha value is -1.54. The number of fused-ring (bicyclic) bond motifs is 1. The molecule has 7 nitrogen and oxygen atoms in total. The minimum Gasteiger partial charge on any atom is -0.477 e. The first-order valence-electron chi connectivity index (χ1n) is 5.53. The van der Waals surface area contributed by atoms with Crippen LogP contribution in [0.1, 0.15) is 6.92 Å². The largest absolute Gasteiger partial charge is 0.477 e. The van der Waals surface area contributed by atoms with Crippen molar-refractivity contribution in [3.05, 3.63) is 11.3 Å². The highest BCUT2D eigenvalue weighted by molar-refractivity contribution is 8.00. The lowest BCUT2D eigenvalue weighted by molar-refractivity contribution is -0.162. The first-order chi connectivity index (χ1) is 8.97. The Kier molecular flexibility index (Phi) is 3.81. The van der Waals surface area contributed by atoms with Gasteiger partial charge in [-0.15, -0.1) is 11.8 Å². The predicted octanol–water partition coefficient (Wildman–Crippen LogP) is -0.182. The van der Waals surface area contributed by atoms with E-state index in [2.05, 4.69) is 0 Å². The highest BCUT2D eigenvalue weighted by Gasteiger charge is 2.54. The van der Waals surface area contributed by atoms with Gasteiger partial charge in [0.2, 0.25) is 0 Å².